The summed E-state index contributed by atoms with van der Waals surface area (Å²) in [4.78, 5) is 8.56. The van der Waals surface area contributed by atoms with E-state index in [4.69, 9.17) is 20.4 Å². The van der Waals surface area contributed by atoms with Gasteiger partial charge in [0.15, 0.2) is 21.3 Å². The molecule has 2 aromatic heterocycles. The normalized spacial score (nSPS) is 12.1. The third-order valence-electron chi connectivity index (χ3n) is 3.76. The van der Waals surface area contributed by atoms with Crippen LogP contribution in [-0.4, -0.2) is 44.0 Å². The minimum absolute atomic E-state index is 0.0142. The minimum Gasteiger partial charge on any atom is -0.414 e. The predicted molar refractivity (Wildman–Crippen MR) is 94.7 cm³/mol. The van der Waals surface area contributed by atoms with Crippen molar-refractivity contribution in [3.05, 3.63) is 36.4 Å². The molecule has 10 nitrogen and oxygen atoms in total. The van der Waals surface area contributed by atoms with E-state index in [1.807, 2.05) is 0 Å². The van der Waals surface area contributed by atoms with Crippen molar-refractivity contribution in [1.82, 2.24) is 20.2 Å². The molecule has 27 heavy (non-hydrogen) atoms. The summed E-state index contributed by atoms with van der Waals surface area (Å²) in [6.45, 7) is 3.23. The molecule has 0 saturated carbocycles. The summed E-state index contributed by atoms with van der Waals surface area (Å²) in [5.74, 6) is -0.510. The highest BCUT2D eigenvalue weighted by molar-refractivity contribution is 7.92. The van der Waals surface area contributed by atoms with Gasteiger partial charge in [-0.3, -0.25) is 0 Å². The van der Waals surface area contributed by atoms with Crippen molar-refractivity contribution < 1.29 is 23.0 Å². The van der Waals surface area contributed by atoms with E-state index in [1.54, 1.807) is 26.0 Å². The molecule has 0 aliphatic rings. The molecule has 2 heterocycles. The van der Waals surface area contributed by atoms with Gasteiger partial charge < -0.3 is 20.4 Å². The van der Waals surface area contributed by atoms with Crippen LogP contribution in [0.3, 0.4) is 0 Å². The summed E-state index contributed by atoms with van der Waals surface area (Å²) in [5.41, 5.74) is 6.87. The number of rotatable bonds is 5. The van der Waals surface area contributed by atoms with Crippen LogP contribution in [0.1, 0.15) is 26.0 Å². The van der Waals surface area contributed by atoms with Crippen molar-refractivity contribution in [3.63, 3.8) is 0 Å². The fraction of sp³-hybridized carbons (Fsp3) is 0.250. The fourth-order valence-corrected chi connectivity index (χ4v) is 3.28. The molecular weight excluding hydrogens is 374 g/mol. The monoisotopic (exact) mass is 391 g/mol. The smallest absolute Gasteiger partial charge is 0.272 e. The van der Waals surface area contributed by atoms with Crippen LogP contribution < -0.4 is 5.73 Å². The maximum absolute atomic E-state index is 12.2. The molecule has 0 atom stereocenters. The zero-order valence-corrected chi connectivity index (χ0v) is 15.3. The van der Waals surface area contributed by atoms with Crippen molar-refractivity contribution in [3.8, 4) is 22.8 Å². The van der Waals surface area contributed by atoms with Crippen molar-refractivity contribution in [1.29, 1.82) is 0 Å². The fourth-order valence-electron chi connectivity index (χ4n) is 2.22. The number of benzene rings is 1. The molecule has 0 bridgehead atoms. The van der Waals surface area contributed by atoms with Gasteiger partial charge in [-0.15, -0.1) is 10.2 Å². The standard InChI is InChI=1S/C16H17N5O5S/c1-8(2)27(24,25)10-5-3-9(4-6-10)11-7-18-13(17)12(19-11)14-20-21-15(26-14)16(22)23/h3-8,16,22-23H,1-2H3,(H2,17,18). The van der Waals surface area contributed by atoms with E-state index in [-0.39, 0.29) is 22.3 Å². The molecule has 3 rings (SSSR count). The summed E-state index contributed by atoms with van der Waals surface area (Å²) in [7, 11) is -3.38. The Balaban J connectivity index is 1.98. The number of aliphatic hydroxyl groups is 2. The topological polar surface area (TPSA) is 165 Å². The number of aromatic nitrogens is 4. The molecule has 3 aromatic rings. The first kappa shape index (κ1) is 18.9. The molecule has 142 valence electrons. The summed E-state index contributed by atoms with van der Waals surface area (Å²) < 4.78 is 29.5. The molecule has 0 aliphatic heterocycles. The number of nitrogens with two attached hydrogens (primary N) is 1. The highest BCUT2D eigenvalue weighted by Crippen LogP contribution is 2.27. The predicted octanol–water partition coefficient (Wildman–Crippen LogP) is 0.941. The van der Waals surface area contributed by atoms with E-state index in [9.17, 15) is 8.42 Å². The van der Waals surface area contributed by atoms with Gasteiger partial charge in [-0.05, 0) is 26.0 Å². The largest absolute Gasteiger partial charge is 0.414 e. The zero-order chi connectivity index (χ0) is 19.8. The Morgan fingerprint density at radius 3 is 2.33 bits per heavy atom. The highest BCUT2D eigenvalue weighted by Gasteiger charge is 2.20. The molecular formula is C16H17N5O5S. The van der Waals surface area contributed by atoms with E-state index in [2.05, 4.69) is 20.2 Å². The Kier molecular flexibility index (Phi) is 4.91. The third kappa shape index (κ3) is 3.65. The van der Waals surface area contributed by atoms with Gasteiger partial charge in [0.2, 0.25) is 6.29 Å². The van der Waals surface area contributed by atoms with Crippen LogP contribution in [-0.2, 0) is 9.84 Å². The lowest BCUT2D eigenvalue weighted by Gasteiger charge is -2.09. The van der Waals surface area contributed by atoms with Crippen LogP contribution in [0.5, 0.6) is 0 Å². The lowest BCUT2D eigenvalue weighted by molar-refractivity contribution is -0.0618. The lowest BCUT2D eigenvalue weighted by Crippen LogP contribution is -2.13. The molecule has 0 radical (unpaired) electrons. The second-order valence-corrected chi connectivity index (χ2v) is 8.43. The second kappa shape index (κ2) is 7.02. The van der Waals surface area contributed by atoms with Gasteiger partial charge in [0.25, 0.3) is 11.8 Å². The maximum atomic E-state index is 12.2. The number of sulfone groups is 1. The van der Waals surface area contributed by atoms with Crippen LogP contribution in [0.2, 0.25) is 0 Å². The van der Waals surface area contributed by atoms with Crippen LogP contribution in [0.15, 0.2) is 39.8 Å². The van der Waals surface area contributed by atoms with E-state index in [0.29, 0.717) is 11.3 Å². The molecule has 0 aliphatic carbocycles. The lowest BCUT2D eigenvalue weighted by atomic mass is 10.1. The first-order valence-electron chi connectivity index (χ1n) is 7.87. The molecule has 1 aromatic carbocycles. The molecule has 0 fully saturated rings. The number of aliphatic hydroxyl groups excluding tert-OH is 1. The van der Waals surface area contributed by atoms with E-state index in [0.717, 1.165) is 0 Å². The Morgan fingerprint density at radius 2 is 1.78 bits per heavy atom. The maximum Gasteiger partial charge on any atom is 0.272 e. The highest BCUT2D eigenvalue weighted by atomic mass is 32.2. The molecule has 0 spiro atoms. The van der Waals surface area contributed by atoms with Gasteiger partial charge in [-0.1, -0.05) is 12.1 Å². The zero-order valence-electron chi connectivity index (χ0n) is 14.4. The summed E-state index contributed by atoms with van der Waals surface area (Å²) in [6, 6.07) is 6.20. The first-order chi connectivity index (χ1) is 12.7. The number of hydrogen-bond donors (Lipinski definition) is 3. The van der Waals surface area contributed by atoms with Gasteiger partial charge in [0.1, 0.15) is 0 Å². The molecule has 0 amide bonds. The molecule has 11 heteroatoms. The summed E-state index contributed by atoms with van der Waals surface area (Å²) >= 11 is 0. The summed E-state index contributed by atoms with van der Waals surface area (Å²) in [5, 5.41) is 24.7. The SMILES string of the molecule is CC(C)S(=O)(=O)c1ccc(-c2cnc(N)c(-c3nnc(C(O)O)o3)n2)cc1. The van der Waals surface area contributed by atoms with Crippen LogP contribution >= 0.6 is 0 Å². The average molecular weight is 391 g/mol. The van der Waals surface area contributed by atoms with Crippen molar-refractivity contribution in [2.24, 2.45) is 0 Å². The number of nitrogen functional groups attached to an aromatic ring is 1. The van der Waals surface area contributed by atoms with Gasteiger partial charge in [0, 0.05) is 5.56 Å². The quantitative estimate of drug-likeness (QED) is 0.533. The minimum atomic E-state index is -3.38. The first-order valence-corrected chi connectivity index (χ1v) is 9.41. The molecule has 0 saturated heterocycles. The van der Waals surface area contributed by atoms with Crippen LogP contribution in [0.4, 0.5) is 5.82 Å². The van der Waals surface area contributed by atoms with Crippen molar-refractivity contribution in [2.45, 2.75) is 30.3 Å². The number of hydrogen-bond acceptors (Lipinski definition) is 10. The van der Waals surface area contributed by atoms with Crippen molar-refractivity contribution >= 4 is 15.7 Å². The molecule has 4 N–H and O–H groups in total. The Labute approximate surface area is 154 Å². The molecule has 0 unspecified atom stereocenters. The van der Waals surface area contributed by atoms with Crippen molar-refractivity contribution in [2.75, 3.05) is 5.73 Å². The van der Waals surface area contributed by atoms with Crippen LogP contribution in [0.25, 0.3) is 22.8 Å². The second-order valence-electron chi connectivity index (χ2n) is 5.93. The Morgan fingerprint density at radius 1 is 1.11 bits per heavy atom. The number of nitrogens with zero attached hydrogens (tertiary/aromatic N) is 4. The Bertz CT molecular complexity index is 1060. The van der Waals surface area contributed by atoms with E-state index in [1.165, 1.54) is 18.3 Å². The number of anilines is 1. The summed E-state index contributed by atoms with van der Waals surface area (Å²) in [6.07, 6.45) is -0.498. The van der Waals surface area contributed by atoms with Gasteiger partial charge in [-0.2, -0.15) is 0 Å². The Hall–Kier alpha value is -2.89. The van der Waals surface area contributed by atoms with Crippen LogP contribution in [0, 0.1) is 0 Å². The van der Waals surface area contributed by atoms with E-state index < -0.39 is 27.3 Å². The van der Waals surface area contributed by atoms with E-state index >= 15 is 0 Å². The average Bonchev–Trinajstić information content (AvgIpc) is 3.12. The van der Waals surface area contributed by atoms with Gasteiger partial charge in [-0.25, -0.2) is 18.4 Å². The van der Waals surface area contributed by atoms with Gasteiger partial charge in [0.05, 0.1) is 22.0 Å². The van der Waals surface area contributed by atoms with Gasteiger partial charge >= 0.3 is 0 Å². The third-order valence-corrected chi connectivity index (χ3v) is 5.93.